The number of hydrogen-bond acceptors (Lipinski definition) is 6. The van der Waals surface area contributed by atoms with Crippen LogP contribution in [-0.2, 0) is 4.74 Å². The second-order valence-corrected chi connectivity index (χ2v) is 7.23. The van der Waals surface area contributed by atoms with Gasteiger partial charge in [-0.15, -0.1) is 0 Å². The van der Waals surface area contributed by atoms with Crippen LogP contribution < -0.4 is 4.90 Å². The van der Waals surface area contributed by atoms with E-state index >= 15 is 0 Å². The minimum absolute atomic E-state index is 0.0379. The van der Waals surface area contributed by atoms with Crippen molar-refractivity contribution in [2.45, 2.75) is 25.9 Å². The van der Waals surface area contributed by atoms with Gasteiger partial charge in [-0.1, -0.05) is 0 Å². The van der Waals surface area contributed by atoms with Gasteiger partial charge in [0.05, 0.1) is 30.5 Å². The number of carbonyl (C=O) groups excluding carboxylic acids is 1. The van der Waals surface area contributed by atoms with E-state index < -0.39 is 0 Å². The van der Waals surface area contributed by atoms with Gasteiger partial charge in [-0.2, -0.15) is 5.26 Å². The molecule has 0 N–H and O–H groups in total. The molecular weight excluding hydrogens is 354 g/mol. The first-order valence-corrected chi connectivity index (χ1v) is 9.65. The van der Waals surface area contributed by atoms with Crippen LogP contribution in [0.5, 0.6) is 0 Å². The molecule has 0 aliphatic carbocycles. The van der Waals surface area contributed by atoms with Crippen molar-refractivity contribution >= 4 is 11.9 Å². The van der Waals surface area contributed by atoms with E-state index in [0.29, 0.717) is 30.8 Å². The summed E-state index contributed by atoms with van der Waals surface area (Å²) in [5.74, 6) is 0.703. The summed E-state index contributed by atoms with van der Waals surface area (Å²) in [7, 11) is 0. The van der Waals surface area contributed by atoms with E-state index in [2.05, 4.69) is 16.0 Å². The number of aryl methyl sites for hydroxylation is 1. The average molecular weight is 377 g/mol. The lowest BCUT2D eigenvalue weighted by Gasteiger charge is -2.33. The Morgan fingerprint density at radius 1 is 1.25 bits per heavy atom. The fourth-order valence-corrected chi connectivity index (χ4v) is 3.77. The predicted molar refractivity (Wildman–Crippen MR) is 104 cm³/mol. The Balaban J connectivity index is 1.51. The number of nitriles is 1. The Morgan fingerprint density at radius 2 is 2.07 bits per heavy atom. The van der Waals surface area contributed by atoms with Crippen LogP contribution in [0.4, 0.5) is 5.95 Å². The third-order valence-corrected chi connectivity index (χ3v) is 5.32. The molecule has 7 nitrogen and oxygen atoms in total. The topological polar surface area (TPSA) is 82.3 Å². The Hall–Kier alpha value is -2.98. The monoisotopic (exact) mass is 377 g/mol. The van der Waals surface area contributed by atoms with Crippen molar-refractivity contribution in [3.8, 4) is 6.07 Å². The molecule has 2 aliphatic rings. The molecule has 1 aromatic heterocycles. The van der Waals surface area contributed by atoms with Crippen molar-refractivity contribution < 1.29 is 9.53 Å². The highest BCUT2D eigenvalue weighted by atomic mass is 16.5. The Morgan fingerprint density at radius 3 is 2.82 bits per heavy atom. The minimum atomic E-state index is -0.263. The molecule has 1 amide bonds. The van der Waals surface area contributed by atoms with E-state index in [1.807, 2.05) is 13.0 Å². The summed E-state index contributed by atoms with van der Waals surface area (Å²) in [6.45, 7) is 5.29. The fraction of sp³-hybridized carbons (Fsp3) is 0.429. The summed E-state index contributed by atoms with van der Waals surface area (Å²) in [5, 5.41) is 9.02. The van der Waals surface area contributed by atoms with E-state index in [1.54, 1.807) is 29.3 Å². The zero-order valence-electron chi connectivity index (χ0n) is 16.0. The number of anilines is 1. The maximum atomic E-state index is 13.0. The maximum absolute atomic E-state index is 13.0. The van der Waals surface area contributed by atoms with Crippen molar-refractivity contribution in [1.29, 1.82) is 5.26 Å². The van der Waals surface area contributed by atoms with Crippen molar-refractivity contribution in [2.24, 2.45) is 0 Å². The number of morpholine rings is 1. The maximum Gasteiger partial charge on any atom is 0.254 e. The lowest BCUT2D eigenvalue weighted by Crippen LogP contribution is -2.42. The van der Waals surface area contributed by atoms with Crippen molar-refractivity contribution in [3.05, 3.63) is 52.8 Å². The summed E-state index contributed by atoms with van der Waals surface area (Å²) in [6, 6.07) is 9.14. The first-order valence-electron chi connectivity index (χ1n) is 9.65. The lowest BCUT2D eigenvalue weighted by molar-refractivity contribution is -0.0247. The van der Waals surface area contributed by atoms with Crippen molar-refractivity contribution in [3.63, 3.8) is 0 Å². The highest BCUT2D eigenvalue weighted by molar-refractivity contribution is 5.95. The van der Waals surface area contributed by atoms with Gasteiger partial charge in [0.15, 0.2) is 0 Å². The molecule has 0 radical (unpaired) electrons. The van der Waals surface area contributed by atoms with Gasteiger partial charge in [-0.05, 0) is 49.6 Å². The van der Waals surface area contributed by atoms with Gasteiger partial charge >= 0.3 is 0 Å². The van der Waals surface area contributed by atoms with Crippen LogP contribution in [-0.4, -0.2) is 53.6 Å². The van der Waals surface area contributed by atoms with Gasteiger partial charge in [-0.3, -0.25) is 4.79 Å². The van der Waals surface area contributed by atoms with Crippen LogP contribution in [0.25, 0.3) is 0 Å². The number of aromatic nitrogens is 2. The van der Waals surface area contributed by atoms with Crippen LogP contribution in [0.3, 0.4) is 0 Å². The van der Waals surface area contributed by atoms with E-state index in [0.717, 1.165) is 30.3 Å². The van der Waals surface area contributed by atoms with Gasteiger partial charge < -0.3 is 14.5 Å². The van der Waals surface area contributed by atoms with Crippen LogP contribution in [0.15, 0.2) is 30.5 Å². The van der Waals surface area contributed by atoms with E-state index in [-0.39, 0.29) is 12.0 Å². The lowest BCUT2D eigenvalue weighted by atomic mass is 10.0. The van der Waals surface area contributed by atoms with E-state index in [1.165, 1.54) is 12.8 Å². The van der Waals surface area contributed by atoms with E-state index in [9.17, 15) is 4.79 Å². The Kier molecular flexibility index (Phi) is 5.22. The molecule has 2 aromatic rings. The first-order chi connectivity index (χ1) is 13.7. The highest BCUT2D eigenvalue weighted by Gasteiger charge is 2.28. The second kappa shape index (κ2) is 7.95. The summed E-state index contributed by atoms with van der Waals surface area (Å²) >= 11 is 0. The smallest absolute Gasteiger partial charge is 0.254 e. The third-order valence-electron chi connectivity index (χ3n) is 5.32. The summed E-state index contributed by atoms with van der Waals surface area (Å²) in [5.41, 5.74) is 2.81. The van der Waals surface area contributed by atoms with Gasteiger partial charge in [0.1, 0.15) is 6.10 Å². The second-order valence-electron chi connectivity index (χ2n) is 7.23. The van der Waals surface area contributed by atoms with E-state index in [4.69, 9.17) is 15.0 Å². The fourth-order valence-electron chi connectivity index (χ4n) is 3.77. The van der Waals surface area contributed by atoms with Gasteiger partial charge in [-0.25, -0.2) is 9.97 Å². The molecule has 7 heteroatoms. The quantitative estimate of drug-likeness (QED) is 0.817. The van der Waals surface area contributed by atoms with Gasteiger partial charge in [0, 0.05) is 31.4 Å². The first kappa shape index (κ1) is 18.4. The number of hydrogen-bond donors (Lipinski definition) is 0. The molecular formula is C21H23N5O2. The molecule has 3 heterocycles. The summed E-state index contributed by atoms with van der Waals surface area (Å²) in [4.78, 5) is 26.1. The Labute approximate surface area is 164 Å². The Bertz CT molecular complexity index is 917. The zero-order valence-corrected chi connectivity index (χ0v) is 16.0. The molecule has 2 fully saturated rings. The molecule has 0 bridgehead atoms. The number of nitrogens with zero attached hydrogens (tertiary/aromatic N) is 5. The molecule has 0 saturated carbocycles. The van der Waals surface area contributed by atoms with Gasteiger partial charge in [0.25, 0.3) is 5.91 Å². The molecule has 1 atom stereocenters. The van der Waals surface area contributed by atoms with Gasteiger partial charge in [0.2, 0.25) is 5.95 Å². The SMILES string of the molecule is Cc1cc(C#N)ccc1C(=O)N1CCOC(c2ccnc(N3CCCC3)n2)C1. The van der Waals surface area contributed by atoms with Crippen LogP contribution in [0, 0.1) is 18.3 Å². The van der Waals surface area contributed by atoms with Crippen LogP contribution >= 0.6 is 0 Å². The van der Waals surface area contributed by atoms with Crippen molar-refractivity contribution in [2.75, 3.05) is 37.7 Å². The largest absolute Gasteiger partial charge is 0.368 e. The normalized spacial score (nSPS) is 19.5. The average Bonchev–Trinajstić information content (AvgIpc) is 3.28. The zero-order chi connectivity index (χ0) is 19.5. The van der Waals surface area contributed by atoms with Crippen LogP contribution in [0.2, 0.25) is 0 Å². The minimum Gasteiger partial charge on any atom is -0.368 e. The molecule has 4 rings (SSSR count). The third kappa shape index (κ3) is 3.69. The molecule has 0 spiro atoms. The molecule has 144 valence electrons. The molecule has 2 saturated heterocycles. The molecule has 1 unspecified atom stereocenters. The highest BCUT2D eigenvalue weighted by Crippen LogP contribution is 2.25. The number of rotatable bonds is 3. The molecule has 1 aromatic carbocycles. The van der Waals surface area contributed by atoms with Crippen molar-refractivity contribution in [1.82, 2.24) is 14.9 Å². The standard InChI is InChI=1S/C21H23N5O2/c1-15-12-16(13-22)4-5-17(15)20(27)26-10-11-28-19(14-26)18-6-7-23-21(24-18)25-8-2-3-9-25/h4-7,12,19H,2-3,8-11,14H2,1H3. The predicted octanol–water partition coefficient (Wildman–Crippen LogP) is 2.47. The summed E-state index contributed by atoms with van der Waals surface area (Å²) in [6.07, 6.45) is 3.84. The summed E-state index contributed by atoms with van der Waals surface area (Å²) < 4.78 is 5.92. The molecule has 28 heavy (non-hydrogen) atoms. The number of carbonyl (C=O) groups is 1. The number of benzene rings is 1. The molecule has 2 aliphatic heterocycles. The number of amides is 1. The number of ether oxygens (including phenoxy) is 1. The van der Waals surface area contributed by atoms with Crippen LogP contribution in [0.1, 0.15) is 46.1 Å².